The van der Waals surface area contributed by atoms with Gasteiger partial charge in [0.15, 0.2) is 0 Å². The number of ether oxygens (including phenoxy) is 1. The Labute approximate surface area is 135 Å². The van der Waals surface area contributed by atoms with Crippen LogP contribution in [0.4, 0.5) is 23.1 Å². The second-order valence-electron chi connectivity index (χ2n) is 4.84. The maximum absolute atomic E-state index is 5.43. The maximum Gasteiger partial charge on any atom is 0.229 e. The molecule has 0 fully saturated rings. The van der Waals surface area contributed by atoms with E-state index in [1.807, 2.05) is 67.6 Å². The SMILES string of the molecule is CCOc1ccc(Nc2ccnc(Nc3ccccc3)n2)cc1. The van der Waals surface area contributed by atoms with Crippen LogP contribution in [0.2, 0.25) is 0 Å². The van der Waals surface area contributed by atoms with E-state index in [4.69, 9.17) is 4.74 Å². The number of para-hydroxylation sites is 1. The average Bonchev–Trinajstić information content (AvgIpc) is 2.58. The van der Waals surface area contributed by atoms with Crippen molar-refractivity contribution < 1.29 is 4.74 Å². The lowest BCUT2D eigenvalue weighted by Gasteiger charge is -2.09. The molecule has 0 aliphatic heterocycles. The highest BCUT2D eigenvalue weighted by Gasteiger charge is 2.01. The fourth-order valence-corrected chi connectivity index (χ4v) is 2.09. The van der Waals surface area contributed by atoms with E-state index in [-0.39, 0.29) is 0 Å². The van der Waals surface area contributed by atoms with Gasteiger partial charge in [0, 0.05) is 17.6 Å². The van der Waals surface area contributed by atoms with E-state index in [2.05, 4.69) is 20.6 Å². The maximum atomic E-state index is 5.43. The van der Waals surface area contributed by atoms with Crippen LogP contribution in [0.5, 0.6) is 5.75 Å². The first-order valence-corrected chi connectivity index (χ1v) is 7.48. The van der Waals surface area contributed by atoms with Gasteiger partial charge in [0.2, 0.25) is 5.95 Å². The Bertz CT molecular complexity index is 744. The van der Waals surface area contributed by atoms with Gasteiger partial charge in [-0.3, -0.25) is 0 Å². The van der Waals surface area contributed by atoms with Gasteiger partial charge in [-0.2, -0.15) is 4.98 Å². The monoisotopic (exact) mass is 306 g/mol. The highest BCUT2D eigenvalue weighted by atomic mass is 16.5. The summed E-state index contributed by atoms with van der Waals surface area (Å²) < 4.78 is 5.43. The summed E-state index contributed by atoms with van der Waals surface area (Å²) in [6.07, 6.45) is 1.72. The number of nitrogens with one attached hydrogen (secondary N) is 2. The Kier molecular flexibility index (Phi) is 4.69. The van der Waals surface area contributed by atoms with Crippen molar-refractivity contribution in [1.82, 2.24) is 9.97 Å². The summed E-state index contributed by atoms with van der Waals surface area (Å²) in [5.41, 5.74) is 1.89. The summed E-state index contributed by atoms with van der Waals surface area (Å²) in [7, 11) is 0. The molecule has 0 unspecified atom stereocenters. The van der Waals surface area contributed by atoms with Gasteiger partial charge in [0.1, 0.15) is 11.6 Å². The number of hydrogen-bond donors (Lipinski definition) is 2. The third-order valence-corrected chi connectivity index (χ3v) is 3.12. The summed E-state index contributed by atoms with van der Waals surface area (Å²) in [5.74, 6) is 2.13. The van der Waals surface area contributed by atoms with Gasteiger partial charge in [0.25, 0.3) is 0 Å². The molecule has 0 spiro atoms. The van der Waals surface area contributed by atoms with Crippen molar-refractivity contribution in [2.45, 2.75) is 6.92 Å². The molecule has 0 bridgehead atoms. The number of aromatic nitrogens is 2. The first kappa shape index (κ1) is 14.8. The van der Waals surface area contributed by atoms with Gasteiger partial charge in [0.05, 0.1) is 6.61 Å². The molecule has 0 saturated carbocycles. The zero-order valence-corrected chi connectivity index (χ0v) is 12.9. The molecule has 0 aliphatic rings. The minimum atomic E-state index is 0.548. The quantitative estimate of drug-likeness (QED) is 0.708. The average molecular weight is 306 g/mol. The van der Waals surface area contributed by atoms with E-state index in [0.717, 1.165) is 22.9 Å². The zero-order chi connectivity index (χ0) is 15.9. The summed E-state index contributed by atoms with van der Waals surface area (Å²) in [4.78, 5) is 8.69. The minimum absolute atomic E-state index is 0.548. The molecule has 0 saturated heterocycles. The van der Waals surface area contributed by atoms with Gasteiger partial charge in [-0.25, -0.2) is 4.98 Å². The molecular formula is C18H18N4O. The highest BCUT2D eigenvalue weighted by molar-refractivity contribution is 5.59. The van der Waals surface area contributed by atoms with Crippen LogP contribution in [0, 0.1) is 0 Å². The predicted molar refractivity (Wildman–Crippen MR) is 92.7 cm³/mol. The van der Waals surface area contributed by atoms with Crippen LogP contribution >= 0.6 is 0 Å². The Morgan fingerprint density at radius 1 is 0.870 bits per heavy atom. The molecule has 116 valence electrons. The largest absolute Gasteiger partial charge is 0.494 e. The Morgan fingerprint density at radius 3 is 2.35 bits per heavy atom. The van der Waals surface area contributed by atoms with Crippen molar-refractivity contribution in [1.29, 1.82) is 0 Å². The highest BCUT2D eigenvalue weighted by Crippen LogP contribution is 2.20. The fourth-order valence-electron chi connectivity index (χ4n) is 2.09. The normalized spacial score (nSPS) is 10.1. The molecule has 5 nitrogen and oxygen atoms in total. The molecule has 3 rings (SSSR count). The van der Waals surface area contributed by atoms with Crippen molar-refractivity contribution in [3.05, 3.63) is 66.9 Å². The van der Waals surface area contributed by atoms with Crippen molar-refractivity contribution in [3.8, 4) is 5.75 Å². The molecule has 5 heteroatoms. The van der Waals surface area contributed by atoms with Crippen LogP contribution in [0.3, 0.4) is 0 Å². The lowest BCUT2D eigenvalue weighted by molar-refractivity contribution is 0.340. The summed E-state index contributed by atoms with van der Waals surface area (Å²) in [5, 5.41) is 6.43. The lowest BCUT2D eigenvalue weighted by atomic mass is 10.3. The summed E-state index contributed by atoms with van der Waals surface area (Å²) in [6, 6.07) is 19.4. The third kappa shape index (κ3) is 4.20. The predicted octanol–water partition coefficient (Wildman–Crippen LogP) is 4.36. The third-order valence-electron chi connectivity index (χ3n) is 3.12. The molecule has 0 atom stereocenters. The van der Waals surface area contributed by atoms with Gasteiger partial charge in [-0.05, 0) is 49.4 Å². The Morgan fingerprint density at radius 2 is 1.61 bits per heavy atom. The minimum Gasteiger partial charge on any atom is -0.494 e. The van der Waals surface area contributed by atoms with Crippen molar-refractivity contribution in [3.63, 3.8) is 0 Å². The fraction of sp³-hybridized carbons (Fsp3) is 0.111. The molecule has 2 aromatic carbocycles. The van der Waals surface area contributed by atoms with Gasteiger partial charge >= 0.3 is 0 Å². The second-order valence-corrected chi connectivity index (χ2v) is 4.84. The van der Waals surface area contributed by atoms with E-state index in [1.165, 1.54) is 0 Å². The molecule has 0 aliphatic carbocycles. The van der Waals surface area contributed by atoms with Crippen LogP contribution in [-0.4, -0.2) is 16.6 Å². The molecular weight excluding hydrogens is 288 g/mol. The van der Waals surface area contributed by atoms with Gasteiger partial charge in [-0.1, -0.05) is 18.2 Å². The smallest absolute Gasteiger partial charge is 0.229 e. The molecule has 1 aromatic heterocycles. The van der Waals surface area contributed by atoms with E-state index in [9.17, 15) is 0 Å². The van der Waals surface area contributed by atoms with Crippen molar-refractivity contribution in [2.24, 2.45) is 0 Å². The van der Waals surface area contributed by atoms with Gasteiger partial charge < -0.3 is 15.4 Å². The summed E-state index contributed by atoms with van der Waals surface area (Å²) >= 11 is 0. The number of nitrogens with zero attached hydrogens (tertiary/aromatic N) is 2. The second kappa shape index (κ2) is 7.26. The summed E-state index contributed by atoms with van der Waals surface area (Å²) in [6.45, 7) is 2.63. The number of anilines is 4. The molecule has 2 N–H and O–H groups in total. The molecule has 0 radical (unpaired) electrons. The molecule has 3 aromatic rings. The number of hydrogen-bond acceptors (Lipinski definition) is 5. The Balaban J connectivity index is 1.69. The van der Waals surface area contributed by atoms with E-state index < -0.39 is 0 Å². The van der Waals surface area contributed by atoms with Crippen LogP contribution in [0.15, 0.2) is 66.9 Å². The number of rotatable bonds is 6. The van der Waals surface area contributed by atoms with E-state index in [0.29, 0.717) is 12.6 Å². The lowest BCUT2D eigenvalue weighted by Crippen LogP contribution is -2.00. The van der Waals surface area contributed by atoms with E-state index in [1.54, 1.807) is 6.20 Å². The first-order valence-electron chi connectivity index (χ1n) is 7.48. The van der Waals surface area contributed by atoms with Crippen LogP contribution in [0.25, 0.3) is 0 Å². The standard InChI is InChI=1S/C18H18N4O/c1-2-23-16-10-8-15(9-11-16)20-17-12-13-19-18(22-17)21-14-6-4-3-5-7-14/h3-13H,2H2,1H3,(H2,19,20,21,22). The van der Waals surface area contributed by atoms with Crippen molar-refractivity contribution in [2.75, 3.05) is 17.2 Å². The van der Waals surface area contributed by atoms with Crippen molar-refractivity contribution >= 4 is 23.1 Å². The first-order chi connectivity index (χ1) is 11.3. The Hall–Kier alpha value is -3.08. The van der Waals surface area contributed by atoms with Crippen LogP contribution in [0.1, 0.15) is 6.92 Å². The molecule has 0 amide bonds. The number of benzene rings is 2. The molecule has 23 heavy (non-hydrogen) atoms. The molecule has 1 heterocycles. The topological polar surface area (TPSA) is 59.1 Å². The van der Waals surface area contributed by atoms with Crippen LogP contribution in [-0.2, 0) is 0 Å². The van der Waals surface area contributed by atoms with E-state index >= 15 is 0 Å². The van der Waals surface area contributed by atoms with Gasteiger partial charge in [-0.15, -0.1) is 0 Å². The van der Waals surface area contributed by atoms with Crippen LogP contribution < -0.4 is 15.4 Å². The zero-order valence-electron chi connectivity index (χ0n) is 12.9.